The number of amides is 1. The molecule has 29 heavy (non-hydrogen) atoms. The number of rotatable bonds is 2. The zero-order chi connectivity index (χ0) is 19.8. The van der Waals surface area contributed by atoms with Gasteiger partial charge in [0.2, 0.25) is 0 Å². The first kappa shape index (κ1) is 17.9. The van der Waals surface area contributed by atoms with Gasteiger partial charge in [-0.3, -0.25) is 4.79 Å². The molecule has 0 saturated carbocycles. The number of benzene rings is 2. The molecule has 6 nitrogen and oxygen atoms in total. The number of piperidine rings is 1. The molecule has 148 valence electrons. The first-order valence-corrected chi connectivity index (χ1v) is 10.0. The number of hydrogen-bond donors (Lipinski definition) is 1. The van der Waals surface area contributed by atoms with Crippen LogP contribution in [-0.4, -0.2) is 45.4 Å². The second kappa shape index (κ2) is 7.04. The Hall–Kier alpha value is -3.12. The zero-order valence-corrected chi connectivity index (χ0v) is 16.1. The summed E-state index contributed by atoms with van der Waals surface area (Å²) in [7, 11) is 0. The van der Waals surface area contributed by atoms with Gasteiger partial charge in [0.15, 0.2) is 0 Å². The highest BCUT2D eigenvalue weighted by molar-refractivity contribution is 5.96. The molecule has 0 unspecified atom stereocenters. The van der Waals surface area contributed by atoms with Gasteiger partial charge in [-0.05, 0) is 49.1 Å². The minimum absolute atomic E-state index is 0.0237. The Labute approximate surface area is 169 Å². The van der Waals surface area contributed by atoms with Crippen LogP contribution in [0, 0.1) is 0 Å². The summed E-state index contributed by atoms with van der Waals surface area (Å²) in [4.78, 5) is 14.6. The molecule has 1 fully saturated rings. The third-order valence-corrected chi connectivity index (χ3v) is 5.98. The third-order valence-electron chi connectivity index (χ3n) is 5.98. The molecule has 2 aliphatic rings. The molecular weight excluding hydrogens is 366 g/mol. The Morgan fingerprint density at radius 2 is 1.76 bits per heavy atom. The van der Waals surface area contributed by atoms with Crippen molar-refractivity contribution >= 4 is 5.91 Å². The Balaban J connectivity index is 1.38. The molecule has 0 aliphatic carbocycles. The van der Waals surface area contributed by atoms with Gasteiger partial charge >= 0.3 is 0 Å². The number of fused-ring (bicyclic) bond motifs is 2. The first-order chi connectivity index (χ1) is 14.2. The standard InChI is InChI=1S/C23H23N3O3/c27-20-9-5-4-8-19(20)22(28)25-13-11-23(12-14-25)21-17(10-15-29-23)16-26(24-21)18-6-2-1-3-7-18/h1-9,16,27H,10-15H2. The van der Waals surface area contributed by atoms with E-state index in [9.17, 15) is 9.90 Å². The van der Waals surface area contributed by atoms with E-state index >= 15 is 0 Å². The monoisotopic (exact) mass is 389 g/mol. The quantitative estimate of drug-likeness (QED) is 0.730. The van der Waals surface area contributed by atoms with E-state index in [-0.39, 0.29) is 11.7 Å². The molecule has 1 spiro atoms. The molecule has 2 aliphatic heterocycles. The summed E-state index contributed by atoms with van der Waals surface area (Å²) in [6.45, 7) is 1.82. The van der Waals surface area contributed by atoms with Crippen molar-refractivity contribution in [1.82, 2.24) is 14.7 Å². The van der Waals surface area contributed by atoms with Gasteiger partial charge in [-0.15, -0.1) is 0 Å². The summed E-state index contributed by atoms with van der Waals surface area (Å²) in [6, 6.07) is 16.8. The second-order valence-corrected chi connectivity index (χ2v) is 7.69. The highest BCUT2D eigenvalue weighted by Gasteiger charge is 2.44. The van der Waals surface area contributed by atoms with Crippen molar-refractivity contribution < 1.29 is 14.6 Å². The van der Waals surface area contributed by atoms with E-state index in [0.29, 0.717) is 38.1 Å². The highest BCUT2D eigenvalue weighted by Crippen LogP contribution is 2.41. The van der Waals surface area contributed by atoms with E-state index in [4.69, 9.17) is 9.84 Å². The lowest BCUT2D eigenvalue weighted by atomic mass is 9.83. The van der Waals surface area contributed by atoms with Crippen molar-refractivity contribution in [1.29, 1.82) is 0 Å². The Bertz CT molecular complexity index is 1040. The van der Waals surface area contributed by atoms with E-state index < -0.39 is 5.60 Å². The van der Waals surface area contributed by atoms with Crippen LogP contribution in [0.5, 0.6) is 5.75 Å². The number of carbonyl (C=O) groups is 1. The molecule has 6 heteroatoms. The summed E-state index contributed by atoms with van der Waals surface area (Å²) in [5.41, 5.74) is 3.16. The number of phenolic OH excluding ortho intramolecular Hbond substituents is 1. The fraction of sp³-hybridized carbons (Fsp3) is 0.304. The van der Waals surface area contributed by atoms with E-state index in [0.717, 1.165) is 17.8 Å². The molecule has 1 aromatic heterocycles. The fourth-order valence-electron chi connectivity index (χ4n) is 4.39. The number of likely N-dealkylation sites (tertiary alicyclic amines) is 1. The molecule has 5 rings (SSSR count). The molecule has 0 radical (unpaired) electrons. The Morgan fingerprint density at radius 1 is 1.03 bits per heavy atom. The number of phenols is 1. The Morgan fingerprint density at radius 3 is 2.52 bits per heavy atom. The predicted octanol–water partition coefficient (Wildman–Crippen LogP) is 3.28. The lowest BCUT2D eigenvalue weighted by molar-refractivity contribution is -0.0963. The van der Waals surface area contributed by atoms with Crippen molar-refractivity contribution in [3.8, 4) is 11.4 Å². The average Bonchev–Trinajstić information content (AvgIpc) is 3.21. The molecule has 2 aromatic carbocycles. The maximum atomic E-state index is 12.8. The topological polar surface area (TPSA) is 67.6 Å². The molecule has 1 amide bonds. The highest BCUT2D eigenvalue weighted by atomic mass is 16.5. The number of hydrogen-bond acceptors (Lipinski definition) is 4. The lowest BCUT2D eigenvalue weighted by Gasteiger charge is -2.43. The minimum atomic E-state index is -0.441. The van der Waals surface area contributed by atoms with E-state index in [1.807, 2.05) is 35.0 Å². The van der Waals surface area contributed by atoms with Crippen molar-refractivity contribution in [2.24, 2.45) is 0 Å². The Kier molecular flexibility index (Phi) is 4.36. The van der Waals surface area contributed by atoms with Crippen molar-refractivity contribution in [3.05, 3.63) is 77.6 Å². The van der Waals surface area contributed by atoms with Crippen LogP contribution >= 0.6 is 0 Å². The number of para-hydroxylation sites is 2. The maximum absolute atomic E-state index is 12.8. The van der Waals surface area contributed by atoms with Crippen LogP contribution in [0.25, 0.3) is 5.69 Å². The molecular formula is C23H23N3O3. The third kappa shape index (κ3) is 3.09. The van der Waals surface area contributed by atoms with Gasteiger partial charge in [-0.2, -0.15) is 5.10 Å². The summed E-state index contributed by atoms with van der Waals surface area (Å²) in [5, 5.41) is 14.9. The van der Waals surface area contributed by atoms with Gasteiger partial charge in [-0.25, -0.2) is 4.68 Å². The largest absolute Gasteiger partial charge is 0.507 e. The van der Waals surface area contributed by atoms with Crippen molar-refractivity contribution in [3.63, 3.8) is 0 Å². The van der Waals surface area contributed by atoms with Gasteiger partial charge in [0.1, 0.15) is 11.4 Å². The van der Waals surface area contributed by atoms with Gasteiger partial charge in [0, 0.05) is 19.3 Å². The smallest absolute Gasteiger partial charge is 0.257 e. The van der Waals surface area contributed by atoms with E-state index in [2.05, 4.69) is 6.20 Å². The van der Waals surface area contributed by atoms with Crippen molar-refractivity contribution in [2.45, 2.75) is 24.9 Å². The van der Waals surface area contributed by atoms with Gasteiger partial charge in [0.05, 0.1) is 23.6 Å². The summed E-state index contributed by atoms with van der Waals surface area (Å²) in [5.74, 6) is -0.112. The first-order valence-electron chi connectivity index (χ1n) is 10.0. The summed E-state index contributed by atoms with van der Waals surface area (Å²) >= 11 is 0. The van der Waals surface area contributed by atoms with Gasteiger partial charge < -0.3 is 14.7 Å². The summed E-state index contributed by atoms with van der Waals surface area (Å²) < 4.78 is 8.21. The minimum Gasteiger partial charge on any atom is -0.507 e. The maximum Gasteiger partial charge on any atom is 0.257 e. The van der Waals surface area contributed by atoms with Crippen LogP contribution < -0.4 is 0 Å². The molecule has 0 bridgehead atoms. The van der Waals surface area contributed by atoms with Crippen LogP contribution in [0.2, 0.25) is 0 Å². The SMILES string of the molecule is O=C(c1ccccc1O)N1CCC2(CC1)OCCc1cn(-c3ccccc3)nc12. The van der Waals surface area contributed by atoms with Gasteiger partial charge in [0.25, 0.3) is 5.91 Å². The zero-order valence-electron chi connectivity index (χ0n) is 16.1. The van der Waals surface area contributed by atoms with Gasteiger partial charge in [-0.1, -0.05) is 30.3 Å². The molecule has 3 aromatic rings. The normalized spacial score (nSPS) is 17.9. The average molecular weight is 389 g/mol. The van der Waals surface area contributed by atoms with Crippen LogP contribution in [0.4, 0.5) is 0 Å². The lowest BCUT2D eigenvalue weighted by Crippen LogP contribution is -2.48. The number of aromatic hydroxyl groups is 1. The summed E-state index contributed by atoms with van der Waals surface area (Å²) in [6.07, 6.45) is 4.36. The predicted molar refractivity (Wildman–Crippen MR) is 108 cm³/mol. The fourth-order valence-corrected chi connectivity index (χ4v) is 4.39. The van der Waals surface area contributed by atoms with Crippen LogP contribution in [0.3, 0.4) is 0 Å². The molecule has 3 heterocycles. The number of nitrogens with zero attached hydrogens (tertiary/aromatic N) is 3. The second-order valence-electron chi connectivity index (χ2n) is 7.69. The van der Waals surface area contributed by atoms with Crippen LogP contribution in [0.1, 0.15) is 34.5 Å². The van der Waals surface area contributed by atoms with Crippen LogP contribution in [-0.2, 0) is 16.8 Å². The van der Waals surface area contributed by atoms with Crippen molar-refractivity contribution in [2.75, 3.05) is 19.7 Å². The molecule has 1 N–H and O–H groups in total. The molecule has 1 saturated heterocycles. The number of carbonyl (C=O) groups excluding carboxylic acids is 1. The molecule has 0 atom stereocenters. The number of aromatic nitrogens is 2. The van der Waals surface area contributed by atoms with E-state index in [1.165, 1.54) is 5.56 Å². The van der Waals surface area contributed by atoms with Crippen LogP contribution in [0.15, 0.2) is 60.8 Å². The van der Waals surface area contributed by atoms with E-state index in [1.54, 1.807) is 29.2 Å². The number of ether oxygens (including phenoxy) is 1.